The minimum Gasteiger partial charge on any atom is -0.480 e. The second-order valence-corrected chi connectivity index (χ2v) is 6.28. The van der Waals surface area contributed by atoms with Crippen LogP contribution >= 0.6 is 11.8 Å². The van der Waals surface area contributed by atoms with Gasteiger partial charge in [0.1, 0.15) is 6.04 Å². The molecule has 110 valence electrons. The molecule has 0 aliphatic carbocycles. The molecule has 19 heavy (non-hydrogen) atoms. The van der Waals surface area contributed by atoms with Crippen LogP contribution in [0.5, 0.6) is 0 Å². The predicted molar refractivity (Wildman–Crippen MR) is 76.3 cm³/mol. The maximum Gasteiger partial charge on any atom is 0.327 e. The van der Waals surface area contributed by atoms with Gasteiger partial charge in [0.05, 0.1) is 5.37 Å². The summed E-state index contributed by atoms with van der Waals surface area (Å²) in [5, 5.41) is 12.0. The monoisotopic (exact) mass is 289 g/mol. The third-order valence-electron chi connectivity index (χ3n) is 2.97. The summed E-state index contributed by atoms with van der Waals surface area (Å²) in [5.41, 5.74) is 0. The zero-order valence-electron chi connectivity index (χ0n) is 11.9. The molecule has 0 bridgehead atoms. The van der Waals surface area contributed by atoms with Gasteiger partial charge in [-0.2, -0.15) is 0 Å². The first-order valence-corrected chi connectivity index (χ1v) is 7.49. The number of urea groups is 1. The van der Waals surface area contributed by atoms with Gasteiger partial charge in [0, 0.05) is 18.3 Å². The molecule has 0 radical (unpaired) electrons. The lowest BCUT2D eigenvalue weighted by Gasteiger charge is -2.29. The Balaban J connectivity index is 2.68. The van der Waals surface area contributed by atoms with Crippen LogP contribution in [0.3, 0.4) is 0 Å². The molecule has 3 unspecified atom stereocenters. The van der Waals surface area contributed by atoms with Crippen LogP contribution in [0.1, 0.15) is 20.3 Å². The number of hydrogen-bond donors (Lipinski definition) is 2. The third kappa shape index (κ3) is 4.28. The highest BCUT2D eigenvalue weighted by molar-refractivity contribution is 8.00. The van der Waals surface area contributed by atoms with Gasteiger partial charge in [-0.3, -0.25) is 4.90 Å². The number of amides is 2. The van der Waals surface area contributed by atoms with E-state index in [4.69, 9.17) is 0 Å². The van der Waals surface area contributed by atoms with Gasteiger partial charge in [-0.15, -0.1) is 11.8 Å². The van der Waals surface area contributed by atoms with Crippen molar-refractivity contribution in [1.82, 2.24) is 15.1 Å². The molecule has 0 spiro atoms. The fourth-order valence-corrected chi connectivity index (χ4v) is 3.57. The number of nitrogens with one attached hydrogen (secondary N) is 1. The zero-order chi connectivity index (χ0) is 14.6. The van der Waals surface area contributed by atoms with E-state index in [1.807, 2.05) is 32.8 Å². The van der Waals surface area contributed by atoms with Crippen LogP contribution in [0.4, 0.5) is 4.79 Å². The maximum atomic E-state index is 12.2. The van der Waals surface area contributed by atoms with Crippen molar-refractivity contribution in [3.8, 4) is 0 Å². The summed E-state index contributed by atoms with van der Waals surface area (Å²) in [7, 11) is 3.87. The lowest BCUT2D eigenvalue weighted by Crippen LogP contribution is -2.53. The van der Waals surface area contributed by atoms with E-state index < -0.39 is 12.0 Å². The first-order chi connectivity index (χ1) is 8.86. The second-order valence-electron chi connectivity index (χ2n) is 5.07. The first kappa shape index (κ1) is 16.1. The minimum atomic E-state index is -0.932. The second kappa shape index (κ2) is 7.00. The number of carbonyl (C=O) groups is 2. The zero-order valence-corrected chi connectivity index (χ0v) is 12.7. The van der Waals surface area contributed by atoms with Crippen LogP contribution in [0, 0.1) is 0 Å². The molecule has 3 atom stereocenters. The Labute approximate surface area is 118 Å². The Kier molecular flexibility index (Phi) is 5.93. The Morgan fingerprint density at radius 3 is 2.63 bits per heavy atom. The molecular weight excluding hydrogens is 266 g/mol. The first-order valence-electron chi connectivity index (χ1n) is 6.44. The standard InChI is InChI=1S/C12H23N3O3S/c1-5-10-15(9(7-19-10)11(16)17)12(18)13-8(2)6-14(3)4/h8-10H,5-7H2,1-4H3,(H,13,18)(H,16,17). The Morgan fingerprint density at radius 1 is 1.53 bits per heavy atom. The molecular formula is C12H23N3O3S. The predicted octanol–water partition coefficient (Wildman–Crippen LogP) is 0.884. The van der Waals surface area contributed by atoms with Crippen molar-refractivity contribution in [2.75, 3.05) is 26.4 Å². The van der Waals surface area contributed by atoms with Gasteiger partial charge in [0.2, 0.25) is 0 Å². The Hall–Kier alpha value is -0.950. The third-order valence-corrected chi connectivity index (χ3v) is 4.42. The highest BCUT2D eigenvalue weighted by Gasteiger charge is 2.41. The lowest BCUT2D eigenvalue weighted by atomic mass is 10.2. The van der Waals surface area contributed by atoms with E-state index in [1.165, 1.54) is 16.7 Å². The van der Waals surface area contributed by atoms with E-state index in [9.17, 15) is 14.7 Å². The van der Waals surface area contributed by atoms with Gasteiger partial charge in [0.25, 0.3) is 0 Å². The van der Waals surface area contributed by atoms with E-state index in [2.05, 4.69) is 5.32 Å². The number of aliphatic carboxylic acids is 1. The molecule has 0 aromatic rings. The number of rotatable bonds is 5. The summed E-state index contributed by atoms with van der Waals surface area (Å²) in [6, 6.07) is -1.01. The van der Waals surface area contributed by atoms with Crippen molar-refractivity contribution in [2.24, 2.45) is 0 Å². The molecule has 1 rings (SSSR count). The average Bonchev–Trinajstić information content (AvgIpc) is 2.70. The number of nitrogens with zero attached hydrogens (tertiary/aromatic N) is 2. The van der Waals surface area contributed by atoms with Crippen LogP contribution in [0.2, 0.25) is 0 Å². The highest BCUT2D eigenvalue weighted by Crippen LogP contribution is 2.31. The molecule has 1 aliphatic heterocycles. The summed E-state index contributed by atoms with van der Waals surface area (Å²) >= 11 is 1.53. The molecule has 0 aromatic heterocycles. The summed E-state index contributed by atoms with van der Waals surface area (Å²) in [5.74, 6) is -0.470. The van der Waals surface area contributed by atoms with Gasteiger partial charge < -0.3 is 15.3 Å². The van der Waals surface area contributed by atoms with E-state index in [1.54, 1.807) is 0 Å². The Morgan fingerprint density at radius 2 is 2.16 bits per heavy atom. The fourth-order valence-electron chi connectivity index (χ4n) is 2.22. The van der Waals surface area contributed by atoms with Crippen LogP contribution in [-0.2, 0) is 4.79 Å². The number of thioether (sulfide) groups is 1. The van der Waals surface area contributed by atoms with Crippen molar-refractivity contribution >= 4 is 23.8 Å². The van der Waals surface area contributed by atoms with E-state index >= 15 is 0 Å². The van der Waals surface area contributed by atoms with Gasteiger partial charge >= 0.3 is 12.0 Å². The molecule has 2 amide bonds. The van der Waals surface area contributed by atoms with Crippen LogP contribution in [-0.4, -0.2) is 70.8 Å². The fraction of sp³-hybridized carbons (Fsp3) is 0.833. The summed E-state index contributed by atoms with van der Waals surface area (Å²) < 4.78 is 0. The van der Waals surface area contributed by atoms with Crippen molar-refractivity contribution in [2.45, 2.75) is 37.7 Å². The normalized spacial score (nSPS) is 24.6. The molecule has 1 heterocycles. The summed E-state index contributed by atoms with van der Waals surface area (Å²) in [4.78, 5) is 26.9. The lowest BCUT2D eigenvalue weighted by molar-refractivity contribution is -0.141. The molecule has 1 fully saturated rings. The largest absolute Gasteiger partial charge is 0.480 e. The summed E-state index contributed by atoms with van der Waals surface area (Å²) in [6.07, 6.45) is 0.754. The van der Waals surface area contributed by atoms with Crippen molar-refractivity contribution in [3.63, 3.8) is 0 Å². The van der Waals surface area contributed by atoms with E-state index in [0.717, 1.165) is 13.0 Å². The van der Waals surface area contributed by atoms with E-state index in [-0.39, 0.29) is 17.4 Å². The van der Waals surface area contributed by atoms with Gasteiger partial charge in [-0.25, -0.2) is 9.59 Å². The van der Waals surface area contributed by atoms with Crippen LogP contribution in [0.25, 0.3) is 0 Å². The number of hydrogen-bond acceptors (Lipinski definition) is 4. The van der Waals surface area contributed by atoms with Gasteiger partial charge in [0.15, 0.2) is 0 Å². The number of carboxylic acid groups (broad SMARTS) is 1. The molecule has 6 nitrogen and oxygen atoms in total. The van der Waals surface area contributed by atoms with Gasteiger partial charge in [-0.05, 0) is 27.4 Å². The smallest absolute Gasteiger partial charge is 0.327 e. The highest BCUT2D eigenvalue weighted by atomic mass is 32.2. The van der Waals surface area contributed by atoms with Crippen molar-refractivity contribution < 1.29 is 14.7 Å². The SMILES string of the molecule is CCC1SCC(C(=O)O)N1C(=O)NC(C)CN(C)C. The Bertz CT molecular complexity index is 338. The average molecular weight is 289 g/mol. The van der Waals surface area contributed by atoms with E-state index in [0.29, 0.717) is 5.75 Å². The summed E-state index contributed by atoms with van der Waals surface area (Å²) in [6.45, 7) is 4.60. The molecule has 2 N–H and O–H groups in total. The minimum absolute atomic E-state index is 0.0138. The number of carboxylic acids is 1. The molecule has 0 saturated carbocycles. The number of carbonyl (C=O) groups excluding carboxylic acids is 1. The quantitative estimate of drug-likeness (QED) is 0.786. The molecule has 0 aromatic carbocycles. The molecule has 1 aliphatic rings. The van der Waals surface area contributed by atoms with Crippen LogP contribution < -0.4 is 5.32 Å². The number of likely N-dealkylation sites (N-methyl/N-ethyl adjacent to an activating group) is 1. The molecule has 1 saturated heterocycles. The van der Waals surface area contributed by atoms with Crippen molar-refractivity contribution in [1.29, 1.82) is 0 Å². The van der Waals surface area contributed by atoms with Crippen LogP contribution in [0.15, 0.2) is 0 Å². The maximum absolute atomic E-state index is 12.2. The van der Waals surface area contributed by atoms with Gasteiger partial charge in [-0.1, -0.05) is 6.92 Å². The van der Waals surface area contributed by atoms with Crippen molar-refractivity contribution in [3.05, 3.63) is 0 Å². The topological polar surface area (TPSA) is 72.9 Å². The molecule has 7 heteroatoms.